The molecule has 1 aromatic carbocycles. The van der Waals surface area contributed by atoms with Gasteiger partial charge >= 0.3 is 5.69 Å². The Morgan fingerprint density at radius 3 is 2.66 bits per heavy atom. The highest BCUT2D eigenvalue weighted by Crippen LogP contribution is 2.14. The van der Waals surface area contributed by atoms with Crippen LogP contribution in [0.25, 0.3) is 0 Å². The van der Waals surface area contributed by atoms with Gasteiger partial charge in [-0.3, -0.25) is 14.2 Å². The molecule has 3 rings (SSSR count). The summed E-state index contributed by atoms with van der Waals surface area (Å²) in [5, 5.41) is 7.23. The van der Waals surface area contributed by atoms with E-state index in [1.807, 2.05) is 0 Å². The van der Waals surface area contributed by atoms with E-state index in [1.165, 1.54) is 4.68 Å². The van der Waals surface area contributed by atoms with Crippen LogP contribution in [0.5, 0.6) is 5.75 Å². The van der Waals surface area contributed by atoms with E-state index in [1.54, 1.807) is 35.9 Å². The molecule has 29 heavy (non-hydrogen) atoms. The van der Waals surface area contributed by atoms with Crippen LogP contribution in [0.15, 0.2) is 29.1 Å². The van der Waals surface area contributed by atoms with E-state index < -0.39 is 0 Å². The molecule has 0 unspecified atom stereocenters. The highest BCUT2D eigenvalue weighted by Gasteiger charge is 2.16. The molecule has 2 aromatic rings. The van der Waals surface area contributed by atoms with Gasteiger partial charge in [0.05, 0.1) is 7.11 Å². The van der Waals surface area contributed by atoms with Gasteiger partial charge in [-0.1, -0.05) is 0 Å². The number of hydrogen-bond acceptors (Lipinski definition) is 5. The summed E-state index contributed by atoms with van der Waals surface area (Å²) in [6.07, 6.45) is 4.74. The number of nitrogens with one attached hydrogen (secondary N) is 1. The third kappa shape index (κ3) is 5.56. The number of fused-ring (bicyclic) bond motifs is 1. The Hall–Kier alpha value is -2.90. The summed E-state index contributed by atoms with van der Waals surface area (Å²) in [4.78, 5) is 36.3. The molecule has 1 aliphatic rings. The molecular weight excluding hydrogens is 372 g/mol. The summed E-state index contributed by atoms with van der Waals surface area (Å²) >= 11 is 0. The molecule has 0 saturated carbocycles. The van der Waals surface area contributed by atoms with E-state index in [4.69, 9.17) is 4.74 Å². The Morgan fingerprint density at radius 2 is 1.93 bits per heavy atom. The highest BCUT2D eigenvalue weighted by molar-refractivity contribution is 5.96. The summed E-state index contributed by atoms with van der Waals surface area (Å²) in [5.41, 5.74) is 0.572. The van der Waals surface area contributed by atoms with Crippen LogP contribution in [-0.2, 0) is 24.3 Å². The normalized spacial score (nSPS) is 13.0. The van der Waals surface area contributed by atoms with Gasteiger partial charge in [0.2, 0.25) is 5.91 Å². The van der Waals surface area contributed by atoms with E-state index >= 15 is 0 Å². The topological polar surface area (TPSA) is 95.2 Å². The number of aryl methyl sites for hydroxylation is 2. The standard InChI is InChI=1S/C21H28N4O4/c1-29-17-11-9-16(10-12-17)18(26)6-4-8-20(27)22-13-5-15-25-21(28)24-14-3-2-7-19(24)23-25/h9-12H,2-8,13-15H2,1H3,(H,22,27). The average molecular weight is 400 g/mol. The van der Waals surface area contributed by atoms with Gasteiger partial charge in [0.1, 0.15) is 11.6 Å². The number of carbonyl (C=O) groups excluding carboxylic acids is 2. The number of ether oxygens (including phenoxy) is 1. The maximum Gasteiger partial charge on any atom is 0.345 e. The van der Waals surface area contributed by atoms with Crippen molar-refractivity contribution in [1.29, 1.82) is 0 Å². The lowest BCUT2D eigenvalue weighted by Gasteiger charge is -2.09. The molecule has 0 aliphatic carbocycles. The van der Waals surface area contributed by atoms with Gasteiger partial charge in [0.25, 0.3) is 0 Å². The number of carbonyl (C=O) groups is 2. The second-order valence-corrected chi connectivity index (χ2v) is 7.24. The Labute approximate surface area is 169 Å². The number of nitrogens with zero attached hydrogens (tertiary/aromatic N) is 3. The summed E-state index contributed by atoms with van der Waals surface area (Å²) < 4.78 is 8.33. The summed E-state index contributed by atoms with van der Waals surface area (Å²) in [6, 6.07) is 6.97. The molecule has 0 radical (unpaired) electrons. The first-order valence-electron chi connectivity index (χ1n) is 10.2. The number of benzene rings is 1. The van der Waals surface area contributed by atoms with Gasteiger partial charge in [-0.15, -0.1) is 0 Å². The lowest BCUT2D eigenvalue weighted by Crippen LogP contribution is -2.29. The van der Waals surface area contributed by atoms with Gasteiger partial charge in [0.15, 0.2) is 5.78 Å². The summed E-state index contributed by atoms with van der Waals surface area (Å²) in [5.74, 6) is 1.51. The predicted octanol–water partition coefficient (Wildman–Crippen LogP) is 1.95. The summed E-state index contributed by atoms with van der Waals surface area (Å²) in [6.45, 7) is 1.73. The zero-order chi connectivity index (χ0) is 20.6. The first-order valence-corrected chi connectivity index (χ1v) is 10.2. The number of rotatable bonds is 10. The molecule has 2 heterocycles. The SMILES string of the molecule is COc1ccc(C(=O)CCCC(=O)NCCCn2nc3n(c2=O)CCCC3)cc1. The van der Waals surface area contributed by atoms with Gasteiger partial charge in [-0.2, -0.15) is 5.10 Å². The molecule has 0 bridgehead atoms. The molecular formula is C21H28N4O4. The van der Waals surface area contributed by atoms with Gasteiger partial charge in [0, 0.05) is 44.5 Å². The lowest BCUT2D eigenvalue weighted by molar-refractivity contribution is -0.121. The van der Waals surface area contributed by atoms with Crippen molar-refractivity contribution in [1.82, 2.24) is 19.7 Å². The van der Waals surface area contributed by atoms with Crippen LogP contribution >= 0.6 is 0 Å². The van der Waals surface area contributed by atoms with Crippen molar-refractivity contribution in [2.75, 3.05) is 13.7 Å². The van der Waals surface area contributed by atoms with E-state index in [0.29, 0.717) is 50.1 Å². The summed E-state index contributed by atoms with van der Waals surface area (Å²) in [7, 11) is 1.58. The largest absolute Gasteiger partial charge is 0.497 e. The maximum absolute atomic E-state index is 12.2. The fourth-order valence-electron chi connectivity index (χ4n) is 3.47. The van der Waals surface area contributed by atoms with Crippen LogP contribution in [0.1, 0.15) is 54.7 Å². The zero-order valence-corrected chi connectivity index (χ0v) is 16.9. The van der Waals surface area contributed by atoms with E-state index in [0.717, 1.165) is 31.6 Å². The highest BCUT2D eigenvalue weighted by atomic mass is 16.5. The quantitative estimate of drug-likeness (QED) is 0.486. The molecule has 1 aliphatic heterocycles. The number of amides is 1. The first kappa shape index (κ1) is 20.8. The van der Waals surface area contributed by atoms with Gasteiger partial charge in [-0.05, 0) is 49.9 Å². The minimum absolute atomic E-state index is 0.0172. The Morgan fingerprint density at radius 1 is 1.14 bits per heavy atom. The Kier molecular flexibility index (Phi) is 7.21. The van der Waals surface area contributed by atoms with Crippen LogP contribution < -0.4 is 15.7 Å². The molecule has 0 saturated heterocycles. The molecule has 0 fully saturated rings. The minimum atomic E-state index is -0.0796. The van der Waals surface area contributed by atoms with Crippen LogP contribution in [-0.4, -0.2) is 39.7 Å². The number of aromatic nitrogens is 3. The second kappa shape index (κ2) is 10.0. The number of Topliss-reactive ketones (excluding diaryl/α,β-unsaturated/α-hetero) is 1. The van der Waals surface area contributed by atoms with Crippen molar-refractivity contribution in [2.45, 2.75) is 58.0 Å². The van der Waals surface area contributed by atoms with E-state index in [-0.39, 0.29) is 17.4 Å². The second-order valence-electron chi connectivity index (χ2n) is 7.24. The van der Waals surface area contributed by atoms with Crippen molar-refractivity contribution in [2.24, 2.45) is 0 Å². The predicted molar refractivity (Wildman–Crippen MR) is 108 cm³/mol. The Bertz CT molecular complexity index is 898. The Balaban J connectivity index is 1.32. The average Bonchev–Trinajstić information content (AvgIpc) is 3.07. The monoisotopic (exact) mass is 400 g/mol. The lowest BCUT2D eigenvalue weighted by atomic mass is 10.1. The first-order chi connectivity index (χ1) is 14.1. The number of ketones is 1. The third-order valence-corrected chi connectivity index (χ3v) is 5.12. The van der Waals surface area contributed by atoms with Crippen molar-refractivity contribution >= 4 is 11.7 Å². The molecule has 0 atom stereocenters. The van der Waals surface area contributed by atoms with Crippen molar-refractivity contribution in [3.63, 3.8) is 0 Å². The van der Waals surface area contributed by atoms with E-state index in [9.17, 15) is 14.4 Å². The molecule has 1 aromatic heterocycles. The minimum Gasteiger partial charge on any atom is -0.497 e. The number of hydrogen-bond donors (Lipinski definition) is 1. The molecule has 1 amide bonds. The van der Waals surface area contributed by atoms with Gasteiger partial charge < -0.3 is 10.1 Å². The van der Waals surface area contributed by atoms with Crippen molar-refractivity contribution < 1.29 is 14.3 Å². The van der Waals surface area contributed by atoms with Gasteiger partial charge in [-0.25, -0.2) is 9.48 Å². The molecule has 1 N–H and O–H groups in total. The van der Waals surface area contributed by atoms with Crippen LogP contribution in [0.2, 0.25) is 0 Å². The molecule has 0 spiro atoms. The molecule has 8 heteroatoms. The molecule has 8 nitrogen and oxygen atoms in total. The van der Waals surface area contributed by atoms with E-state index in [2.05, 4.69) is 10.4 Å². The van der Waals surface area contributed by atoms with Crippen LogP contribution in [0.3, 0.4) is 0 Å². The van der Waals surface area contributed by atoms with Crippen molar-refractivity contribution in [3.05, 3.63) is 46.1 Å². The molecule has 156 valence electrons. The zero-order valence-electron chi connectivity index (χ0n) is 16.9. The van der Waals surface area contributed by atoms with Crippen LogP contribution in [0.4, 0.5) is 0 Å². The smallest absolute Gasteiger partial charge is 0.345 e. The number of methoxy groups -OCH3 is 1. The van der Waals surface area contributed by atoms with Crippen LogP contribution in [0, 0.1) is 0 Å². The maximum atomic E-state index is 12.2. The fraction of sp³-hybridized carbons (Fsp3) is 0.524. The fourth-order valence-corrected chi connectivity index (χ4v) is 3.47. The third-order valence-electron chi connectivity index (χ3n) is 5.12. The van der Waals surface area contributed by atoms with Crippen molar-refractivity contribution in [3.8, 4) is 5.75 Å².